The van der Waals surface area contributed by atoms with Crippen LogP contribution in [0.3, 0.4) is 0 Å². The van der Waals surface area contributed by atoms with Crippen molar-refractivity contribution in [3.63, 3.8) is 0 Å². The highest BCUT2D eigenvalue weighted by Gasteiger charge is 2.38. The van der Waals surface area contributed by atoms with Crippen LogP contribution in [-0.2, 0) is 0 Å². The van der Waals surface area contributed by atoms with Crippen molar-refractivity contribution in [3.05, 3.63) is 140 Å². The van der Waals surface area contributed by atoms with E-state index in [2.05, 4.69) is 145 Å². The summed E-state index contributed by atoms with van der Waals surface area (Å²) in [5.74, 6) is 3.64. The van der Waals surface area contributed by atoms with Gasteiger partial charge in [0.15, 0.2) is 5.75 Å². The molecule has 6 aromatic carbocycles. The van der Waals surface area contributed by atoms with Crippen LogP contribution < -0.4 is 24.7 Å². The number of nitrogens with zero attached hydrogens (tertiary/aromatic N) is 1. The van der Waals surface area contributed by atoms with Crippen molar-refractivity contribution in [3.8, 4) is 34.1 Å². The minimum Gasteiger partial charge on any atom is -0.455 e. The molecule has 0 atom stereocenters. The van der Waals surface area contributed by atoms with Crippen molar-refractivity contribution < 1.29 is 9.47 Å². The number of hydrogen-bond donors (Lipinski definition) is 0. The predicted octanol–water partition coefficient (Wildman–Crippen LogP) is 10.0. The van der Waals surface area contributed by atoms with Crippen LogP contribution in [0.4, 0.5) is 17.1 Å². The monoisotopic (exact) mass is 591 g/mol. The maximum absolute atomic E-state index is 6.82. The Balaban J connectivity index is 1.33. The lowest BCUT2D eigenvalue weighted by Crippen LogP contribution is -2.56. The quantitative estimate of drug-likeness (QED) is 0.190. The summed E-state index contributed by atoms with van der Waals surface area (Å²) in [4.78, 5) is 4.53. The topological polar surface area (TPSA) is 21.7 Å². The highest BCUT2D eigenvalue weighted by molar-refractivity contribution is 7.99. The fraction of sp³-hybridized carbons (Fsp3) is 0.0526. The zero-order chi connectivity index (χ0) is 29.0. The van der Waals surface area contributed by atoms with Gasteiger partial charge in [-0.25, -0.2) is 0 Å². The summed E-state index contributed by atoms with van der Waals surface area (Å²) in [7, 11) is -2.02. The van der Waals surface area contributed by atoms with E-state index >= 15 is 0 Å². The van der Waals surface area contributed by atoms with Crippen LogP contribution in [-0.4, -0.2) is 8.07 Å². The van der Waals surface area contributed by atoms with Crippen LogP contribution in [0.1, 0.15) is 0 Å². The Morgan fingerprint density at radius 3 is 1.98 bits per heavy atom. The molecule has 0 bridgehead atoms. The average molecular weight is 592 g/mol. The Bertz CT molecular complexity index is 1990. The second-order valence-electron chi connectivity index (χ2n) is 11.4. The molecule has 0 unspecified atom stereocenters. The average Bonchev–Trinajstić information content (AvgIpc) is 3.05. The summed E-state index contributed by atoms with van der Waals surface area (Å²) < 4.78 is 13.3. The maximum Gasteiger partial charge on any atom is 0.151 e. The molecule has 0 N–H and O–H groups in total. The molecule has 8 rings (SSSR count). The summed E-state index contributed by atoms with van der Waals surface area (Å²) in [5.41, 5.74) is 5.51. The molecule has 2 heterocycles. The minimum absolute atomic E-state index is 0.859. The third kappa shape index (κ3) is 4.35. The van der Waals surface area contributed by atoms with Crippen LogP contribution in [0.15, 0.2) is 149 Å². The normalized spacial score (nSPS) is 13.8. The van der Waals surface area contributed by atoms with E-state index in [0.717, 1.165) is 49.9 Å². The van der Waals surface area contributed by atoms with Crippen molar-refractivity contribution >= 4 is 47.3 Å². The molecule has 208 valence electrons. The molecule has 0 amide bonds. The summed E-state index contributed by atoms with van der Waals surface area (Å²) in [6.07, 6.45) is 0. The predicted molar refractivity (Wildman–Crippen MR) is 180 cm³/mol. The zero-order valence-corrected chi connectivity index (χ0v) is 25.8. The second kappa shape index (κ2) is 10.2. The van der Waals surface area contributed by atoms with Crippen molar-refractivity contribution in [1.82, 2.24) is 0 Å². The van der Waals surface area contributed by atoms with Gasteiger partial charge in [0, 0.05) is 5.69 Å². The Morgan fingerprint density at radius 2 is 1.14 bits per heavy atom. The first-order valence-electron chi connectivity index (χ1n) is 14.5. The SMILES string of the molecule is C[Si]1(C)c2ccccc2Oc2c(N(c3ccc(-c4ccccc4)cc3)c3cccc4c3Sc3ccccc3O4)cccc21. The number of anilines is 3. The van der Waals surface area contributed by atoms with Crippen molar-refractivity contribution in [2.75, 3.05) is 4.90 Å². The first-order chi connectivity index (χ1) is 21.1. The van der Waals surface area contributed by atoms with Crippen molar-refractivity contribution in [1.29, 1.82) is 0 Å². The third-order valence-electron chi connectivity index (χ3n) is 8.39. The van der Waals surface area contributed by atoms with Gasteiger partial charge in [0.05, 0.1) is 21.2 Å². The van der Waals surface area contributed by atoms with E-state index in [1.165, 1.54) is 21.5 Å². The lowest BCUT2D eigenvalue weighted by atomic mass is 10.0. The molecule has 0 fully saturated rings. The largest absolute Gasteiger partial charge is 0.455 e. The fourth-order valence-electron chi connectivity index (χ4n) is 6.18. The van der Waals surface area contributed by atoms with Gasteiger partial charge in [-0.3, -0.25) is 0 Å². The standard InChI is InChI=1S/C38H29NO2SSi/c1-43(2)35-20-9-7-17-32(35)41-37-29(14-11-21-36(37)43)39(28-24-22-27(23-25-28)26-12-4-3-5-13-26)30-15-10-18-33-38(30)42-34-19-8-6-16-31(34)40-33/h3-25H,1-2H3. The van der Waals surface area contributed by atoms with Crippen molar-refractivity contribution in [2.24, 2.45) is 0 Å². The summed E-state index contributed by atoms with van der Waals surface area (Å²) in [6.45, 7) is 4.84. The lowest BCUT2D eigenvalue weighted by Gasteiger charge is -2.37. The number of hydrogen-bond acceptors (Lipinski definition) is 4. The highest BCUT2D eigenvalue weighted by Crippen LogP contribution is 2.54. The Morgan fingerprint density at radius 1 is 0.512 bits per heavy atom. The van der Waals surface area contributed by atoms with E-state index in [0.29, 0.717) is 0 Å². The van der Waals surface area contributed by atoms with Crippen LogP contribution >= 0.6 is 11.8 Å². The van der Waals surface area contributed by atoms with Gasteiger partial charge in [-0.15, -0.1) is 0 Å². The molecule has 0 radical (unpaired) electrons. The number of ether oxygens (including phenoxy) is 2. The zero-order valence-electron chi connectivity index (χ0n) is 24.0. The first-order valence-corrected chi connectivity index (χ1v) is 18.3. The van der Waals surface area contributed by atoms with Crippen molar-refractivity contribution in [2.45, 2.75) is 22.9 Å². The van der Waals surface area contributed by atoms with Gasteiger partial charge in [-0.05, 0) is 70.0 Å². The molecule has 6 aromatic rings. The number of benzene rings is 6. The van der Waals surface area contributed by atoms with Gasteiger partial charge in [-0.2, -0.15) is 0 Å². The molecule has 0 saturated heterocycles. The van der Waals surface area contributed by atoms with E-state index in [1.54, 1.807) is 11.8 Å². The van der Waals surface area contributed by atoms with Crippen LogP contribution in [0.5, 0.6) is 23.0 Å². The van der Waals surface area contributed by atoms with E-state index in [9.17, 15) is 0 Å². The van der Waals surface area contributed by atoms with E-state index in [-0.39, 0.29) is 0 Å². The van der Waals surface area contributed by atoms with Gasteiger partial charge < -0.3 is 14.4 Å². The minimum atomic E-state index is -2.02. The Kier molecular flexibility index (Phi) is 6.17. The molecule has 5 heteroatoms. The molecule has 0 spiro atoms. The van der Waals surface area contributed by atoms with E-state index in [4.69, 9.17) is 9.47 Å². The molecule has 43 heavy (non-hydrogen) atoms. The van der Waals surface area contributed by atoms with Gasteiger partial charge in [0.2, 0.25) is 0 Å². The molecule has 2 aliphatic rings. The number of fused-ring (bicyclic) bond motifs is 4. The molecular formula is C38H29NO2SSi. The third-order valence-corrected chi connectivity index (χ3v) is 13.1. The molecule has 0 aromatic heterocycles. The molecule has 2 aliphatic heterocycles. The van der Waals surface area contributed by atoms with E-state index in [1.807, 2.05) is 12.1 Å². The number of rotatable bonds is 4. The fourth-order valence-corrected chi connectivity index (χ4v) is 10.0. The van der Waals surface area contributed by atoms with Gasteiger partial charge in [0.25, 0.3) is 0 Å². The first kappa shape index (κ1) is 26.0. The molecule has 3 nitrogen and oxygen atoms in total. The molecule has 0 saturated carbocycles. The molecular weight excluding hydrogens is 563 g/mol. The summed E-state index contributed by atoms with van der Waals surface area (Å²) in [6, 6.07) is 49.1. The van der Waals surface area contributed by atoms with Crippen LogP contribution in [0, 0.1) is 0 Å². The summed E-state index contributed by atoms with van der Waals surface area (Å²) in [5, 5.41) is 2.63. The van der Waals surface area contributed by atoms with Gasteiger partial charge >= 0.3 is 0 Å². The van der Waals surface area contributed by atoms with E-state index < -0.39 is 8.07 Å². The maximum atomic E-state index is 6.82. The number of para-hydroxylation sites is 3. The molecule has 0 aliphatic carbocycles. The smallest absolute Gasteiger partial charge is 0.151 e. The van der Waals surface area contributed by atoms with Gasteiger partial charge in [0.1, 0.15) is 25.3 Å². The van der Waals surface area contributed by atoms with Crippen LogP contribution in [0.2, 0.25) is 13.1 Å². The lowest BCUT2D eigenvalue weighted by molar-refractivity contribution is 0.455. The second-order valence-corrected chi connectivity index (χ2v) is 16.8. The highest BCUT2D eigenvalue weighted by atomic mass is 32.2. The Hall–Kier alpha value is -4.71. The van der Waals surface area contributed by atoms with Gasteiger partial charge in [-0.1, -0.05) is 116 Å². The summed E-state index contributed by atoms with van der Waals surface area (Å²) >= 11 is 1.75. The van der Waals surface area contributed by atoms with Crippen LogP contribution in [0.25, 0.3) is 11.1 Å². The Labute approximate surface area is 257 Å².